The van der Waals surface area contributed by atoms with E-state index >= 15 is 0 Å². The van der Waals surface area contributed by atoms with Crippen molar-refractivity contribution in [2.75, 3.05) is 5.32 Å². The molecule has 1 N–H and O–H groups in total. The van der Waals surface area contributed by atoms with Crippen molar-refractivity contribution in [1.82, 2.24) is 14.8 Å². The summed E-state index contributed by atoms with van der Waals surface area (Å²) in [5, 5.41) is 11.8. The molecule has 1 aromatic heterocycles. The van der Waals surface area contributed by atoms with Crippen molar-refractivity contribution < 1.29 is 9.59 Å². The average molecular weight is 429 g/mol. The fourth-order valence-corrected chi connectivity index (χ4v) is 3.83. The molecule has 0 saturated heterocycles. The number of benzene rings is 2. The molecule has 0 spiro atoms. The second-order valence-corrected chi connectivity index (χ2v) is 8.21. The highest BCUT2D eigenvalue weighted by molar-refractivity contribution is 8.00. The Bertz CT molecular complexity index is 1000. The summed E-state index contributed by atoms with van der Waals surface area (Å²) >= 11 is 7.40. The van der Waals surface area contributed by atoms with Gasteiger partial charge in [0.05, 0.1) is 10.9 Å². The first-order chi connectivity index (χ1) is 14.0. The molecule has 1 heterocycles. The Morgan fingerprint density at radius 2 is 1.97 bits per heavy atom. The molecule has 0 aliphatic rings. The first-order valence-electron chi connectivity index (χ1n) is 9.24. The van der Waals surface area contributed by atoms with Gasteiger partial charge in [0.15, 0.2) is 10.9 Å². The van der Waals surface area contributed by atoms with Crippen LogP contribution in [-0.4, -0.2) is 31.7 Å². The van der Waals surface area contributed by atoms with Crippen LogP contribution in [0.5, 0.6) is 0 Å². The first kappa shape index (κ1) is 21.1. The highest BCUT2D eigenvalue weighted by atomic mass is 35.5. The van der Waals surface area contributed by atoms with Crippen LogP contribution in [0, 0.1) is 0 Å². The van der Waals surface area contributed by atoms with Crippen LogP contribution in [-0.2, 0) is 4.79 Å². The molecule has 1 amide bonds. The molecular formula is C21H21ClN4O2S. The molecule has 0 saturated carbocycles. The van der Waals surface area contributed by atoms with E-state index in [9.17, 15) is 9.59 Å². The maximum absolute atomic E-state index is 12.8. The minimum atomic E-state index is -0.363. The van der Waals surface area contributed by atoms with E-state index in [2.05, 4.69) is 15.5 Å². The van der Waals surface area contributed by atoms with Gasteiger partial charge in [0.2, 0.25) is 5.91 Å². The zero-order valence-electron chi connectivity index (χ0n) is 16.1. The highest BCUT2D eigenvalue weighted by Gasteiger charge is 2.20. The Balaban J connectivity index is 1.69. The predicted molar refractivity (Wildman–Crippen MR) is 116 cm³/mol. The Kier molecular flexibility index (Phi) is 7.06. The Morgan fingerprint density at radius 3 is 2.66 bits per heavy atom. The molecule has 0 fully saturated rings. The second kappa shape index (κ2) is 9.71. The lowest BCUT2D eigenvalue weighted by molar-refractivity contribution is -0.116. The zero-order chi connectivity index (χ0) is 20.8. The fourth-order valence-electron chi connectivity index (χ4n) is 2.72. The van der Waals surface area contributed by atoms with Gasteiger partial charge in [0.25, 0.3) is 0 Å². The van der Waals surface area contributed by atoms with Crippen molar-refractivity contribution in [2.45, 2.75) is 37.1 Å². The third kappa shape index (κ3) is 5.46. The minimum absolute atomic E-state index is 0.0259. The number of aromatic nitrogens is 3. The van der Waals surface area contributed by atoms with E-state index in [0.717, 1.165) is 12.1 Å². The van der Waals surface area contributed by atoms with Crippen LogP contribution in [0.1, 0.15) is 37.0 Å². The molecule has 1 unspecified atom stereocenters. The molecule has 150 valence electrons. The molecule has 2 aromatic carbocycles. The summed E-state index contributed by atoms with van der Waals surface area (Å²) in [6.07, 6.45) is 2.86. The summed E-state index contributed by atoms with van der Waals surface area (Å²) in [7, 11) is 0. The van der Waals surface area contributed by atoms with Crippen LogP contribution in [0.3, 0.4) is 0 Å². The molecule has 3 aromatic rings. The quantitative estimate of drug-likeness (QED) is 0.402. The van der Waals surface area contributed by atoms with Gasteiger partial charge in [0, 0.05) is 22.7 Å². The van der Waals surface area contributed by atoms with Gasteiger partial charge in [-0.25, -0.2) is 0 Å². The maximum atomic E-state index is 12.8. The summed E-state index contributed by atoms with van der Waals surface area (Å²) in [6.45, 7) is 3.79. The number of Topliss-reactive ketones (excluding diaryl/α,β-unsaturated/α-hetero) is 1. The van der Waals surface area contributed by atoms with Crippen molar-refractivity contribution >= 4 is 40.7 Å². The molecule has 29 heavy (non-hydrogen) atoms. The lowest BCUT2D eigenvalue weighted by atomic mass is 10.1. The number of hydrogen-bond acceptors (Lipinski definition) is 5. The third-order valence-electron chi connectivity index (χ3n) is 4.18. The Labute approximate surface area is 178 Å². The summed E-state index contributed by atoms with van der Waals surface area (Å²) in [5.41, 5.74) is 2.09. The fraction of sp³-hybridized carbons (Fsp3) is 0.238. The van der Waals surface area contributed by atoms with E-state index in [1.54, 1.807) is 41.2 Å². The standard InChI is InChI=1S/C21H21ClN4O2S/c1-3-5-19(27)24-17-10-8-15(9-11-17)20(28)14(2)29-21-25-23-13-26(21)18-7-4-6-16(22)12-18/h4,6-14H,3,5H2,1-2H3,(H,24,27). The molecular weight excluding hydrogens is 408 g/mol. The molecule has 6 nitrogen and oxygen atoms in total. The number of anilines is 1. The van der Waals surface area contributed by atoms with Gasteiger partial charge >= 0.3 is 0 Å². The lowest BCUT2D eigenvalue weighted by Gasteiger charge is -2.12. The number of nitrogens with one attached hydrogen (secondary N) is 1. The van der Waals surface area contributed by atoms with Gasteiger partial charge in [-0.1, -0.05) is 36.4 Å². The van der Waals surface area contributed by atoms with Gasteiger partial charge in [0.1, 0.15) is 6.33 Å². The number of thioether (sulfide) groups is 1. The van der Waals surface area contributed by atoms with E-state index in [4.69, 9.17) is 11.6 Å². The topological polar surface area (TPSA) is 76.9 Å². The molecule has 3 rings (SSSR count). The Morgan fingerprint density at radius 1 is 1.21 bits per heavy atom. The van der Waals surface area contributed by atoms with Gasteiger partial charge in [-0.3, -0.25) is 14.2 Å². The average Bonchev–Trinajstić information content (AvgIpc) is 3.16. The number of amides is 1. The van der Waals surface area contributed by atoms with Crippen LogP contribution in [0.25, 0.3) is 5.69 Å². The number of halogens is 1. The second-order valence-electron chi connectivity index (χ2n) is 6.46. The predicted octanol–water partition coefficient (Wildman–Crippen LogP) is 5.02. The van der Waals surface area contributed by atoms with Crippen LogP contribution < -0.4 is 5.32 Å². The van der Waals surface area contributed by atoms with Crippen LogP contribution in [0.15, 0.2) is 60.0 Å². The SMILES string of the molecule is CCCC(=O)Nc1ccc(C(=O)C(C)Sc2nncn2-c2cccc(Cl)c2)cc1. The number of ketones is 1. The van der Waals surface area contributed by atoms with E-state index in [1.165, 1.54) is 11.8 Å². The molecule has 1 atom stereocenters. The molecule has 0 radical (unpaired) electrons. The normalized spacial score (nSPS) is 11.8. The summed E-state index contributed by atoms with van der Waals surface area (Å²) in [4.78, 5) is 24.5. The molecule has 0 bridgehead atoms. The van der Waals surface area contributed by atoms with E-state index in [-0.39, 0.29) is 16.9 Å². The van der Waals surface area contributed by atoms with Crippen molar-refractivity contribution in [3.63, 3.8) is 0 Å². The summed E-state index contributed by atoms with van der Waals surface area (Å²) < 4.78 is 1.80. The third-order valence-corrected chi connectivity index (χ3v) is 5.48. The van der Waals surface area contributed by atoms with E-state index in [0.29, 0.717) is 27.9 Å². The smallest absolute Gasteiger partial charge is 0.224 e. The zero-order valence-corrected chi connectivity index (χ0v) is 17.7. The van der Waals surface area contributed by atoms with Crippen LogP contribution in [0.4, 0.5) is 5.69 Å². The van der Waals surface area contributed by atoms with Crippen molar-refractivity contribution in [3.8, 4) is 5.69 Å². The van der Waals surface area contributed by atoms with E-state index in [1.807, 2.05) is 32.0 Å². The van der Waals surface area contributed by atoms with Crippen LogP contribution in [0.2, 0.25) is 5.02 Å². The first-order valence-corrected chi connectivity index (χ1v) is 10.5. The van der Waals surface area contributed by atoms with Crippen molar-refractivity contribution in [2.24, 2.45) is 0 Å². The number of nitrogens with zero attached hydrogens (tertiary/aromatic N) is 3. The number of carbonyl (C=O) groups is 2. The number of hydrogen-bond donors (Lipinski definition) is 1. The summed E-state index contributed by atoms with van der Waals surface area (Å²) in [5.74, 6) is -0.0575. The molecule has 0 aliphatic heterocycles. The van der Waals surface area contributed by atoms with Gasteiger partial charge in [-0.15, -0.1) is 10.2 Å². The highest BCUT2D eigenvalue weighted by Crippen LogP contribution is 2.27. The van der Waals surface area contributed by atoms with Crippen molar-refractivity contribution in [1.29, 1.82) is 0 Å². The maximum Gasteiger partial charge on any atom is 0.224 e. The monoisotopic (exact) mass is 428 g/mol. The minimum Gasteiger partial charge on any atom is -0.326 e. The Hall–Kier alpha value is -2.64. The number of carbonyl (C=O) groups excluding carboxylic acids is 2. The van der Waals surface area contributed by atoms with Gasteiger partial charge < -0.3 is 5.32 Å². The molecule has 0 aliphatic carbocycles. The molecule has 8 heteroatoms. The van der Waals surface area contributed by atoms with Gasteiger partial charge in [-0.05, 0) is 55.8 Å². The van der Waals surface area contributed by atoms with E-state index < -0.39 is 0 Å². The van der Waals surface area contributed by atoms with Gasteiger partial charge in [-0.2, -0.15) is 0 Å². The largest absolute Gasteiger partial charge is 0.326 e. The number of rotatable bonds is 8. The van der Waals surface area contributed by atoms with Crippen LogP contribution >= 0.6 is 23.4 Å². The lowest BCUT2D eigenvalue weighted by Crippen LogP contribution is -2.15. The van der Waals surface area contributed by atoms with Crippen molar-refractivity contribution in [3.05, 3.63) is 65.4 Å². The summed E-state index contributed by atoms with van der Waals surface area (Å²) in [6, 6.07) is 14.3.